The standard InChI is InChI=1S/C21H28N2O3/c1-14(24)10-15-8-9-22(11-15)19-6-4-16(5-7-19)21(26)23-12-17-2-3-18(13-23)20(17)25/h4-7,15,17-18,20,25H,2-3,8-13H2,1H3. The number of nitrogens with zero attached hydrogens (tertiary/aromatic N) is 2. The van der Waals surface area contributed by atoms with E-state index in [-0.39, 0.29) is 29.6 Å². The molecule has 3 fully saturated rings. The Labute approximate surface area is 155 Å². The largest absolute Gasteiger partial charge is 0.392 e. The molecule has 1 aromatic carbocycles. The fourth-order valence-corrected chi connectivity index (χ4v) is 5.00. The predicted molar refractivity (Wildman–Crippen MR) is 100 cm³/mol. The van der Waals surface area contributed by atoms with Crippen LogP contribution in [0.3, 0.4) is 0 Å². The van der Waals surface area contributed by atoms with E-state index < -0.39 is 0 Å². The number of aliphatic hydroxyl groups excluding tert-OH is 1. The third-order valence-electron chi connectivity index (χ3n) is 6.41. The average molecular weight is 356 g/mol. The van der Waals surface area contributed by atoms with Crippen LogP contribution in [0.4, 0.5) is 5.69 Å². The first kappa shape index (κ1) is 17.5. The molecule has 1 amide bonds. The van der Waals surface area contributed by atoms with Crippen molar-refractivity contribution in [1.82, 2.24) is 4.90 Å². The zero-order valence-electron chi connectivity index (χ0n) is 15.4. The first-order chi connectivity index (χ1) is 12.5. The van der Waals surface area contributed by atoms with Crippen molar-refractivity contribution in [3.63, 3.8) is 0 Å². The van der Waals surface area contributed by atoms with E-state index in [0.29, 0.717) is 25.4 Å². The molecule has 2 aliphatic heterocycles. The number of anilines is 1. The fourth-order valence-electron chi connectivity index (χ4n) is 5.00. The van der Waals surface area contributed by atoms with Crippen LogP contribution in [0.15, 0.2) is 24.3 Å². The second-order valence-corrected chi connectivity index (χ2v) is 8.35. The molecule has 5 nitrogen and oxygen atoms in total. The number of amides is 1. The number of hydrogen-bond donors (Lipinski definition) is 1. The van der Waals surface area contributed by atoms with Gasteiger partial charge in [0.1, 0.15) is 5.78 Å². The number of benzene rings is 1. The lowest BCUT2D eigenvalue weighted by atomic mass is 9.94. The zero-order valence-corrected chi connectivity index (χ0v) is 15.4. The van der Waals surface area contributed by atoms with Gasteiger partial charge >= 0.3 is 0 Å². The highest BCUT2D eigenvalue weighted by molar-refractivity contribution is 5.94. The summed E-state index contributed by atoms with van der Waals surface area (Å²) in [4.78, 5) is 28.4. The molecule has 0 radical (unpaired) electrons. The number of carbonyl (C=O) groups is 2. The number of likely N-dealkylation sites (tertiary alicyclic amines) is 1. The zero-order chi connectivity index (χ0) is 18.3. The fraction of sp³-hybridized carbons (Fsp3) is 0.619. The summed E-state index contributed by atoms with van der Waals surface area (Å²) in [6, 6.07) is 7.89. The van der Waals surface area contributed by atoms with Crippen molar-refractivity contribution in [2.75, 3.05) is 31.1 Å². The quantitative estimate of drug-likeness (QED) is 0.900. The molecule has 3 atom stereocenters. The topological polar surface area (TPSA) is 60.9 Å². The van der Waals surface area contributed by atoms with Crippen molar-refractivity contribution in [3.05, 3.63) is 29.8 Å². The van der Waals surface area contributed by atoms with E-state index in [0.717, 1.165) is 43.6 Å². The van der Waals surface area contributed by atoms with Gasteiger partial charge in [0.05, 0.1) is 6.10 Å². The summed E-state index contributed by atoms with van der Waals surface area (Å²) >= 11 is 0. The Morgan fingerprint density at radius 3 is 2.31 bits per heavy atom. The van der Waals surface area contributed by atoms with Gasteiger partial charge in [-0.05, 0) is 56.4 Å². The molecule has 4 rings (SSSR count). The smallest absolute Gasteiger partial charge is 0.253 e. The minimum atomic E-state index is -0.223. The van der Waals surface area contributed by atoms with E-state index in [1.165, 1.54) is 0 Å². The molecule has 0 aromatic heterocycles. The van der Waals surface area contributed by atoms with E-state index in [9.17, 15) is 14.7 Å². The summed E-state index contributed by atoms with van der Waals surface area (Å²) in [5.41, 5.74) is 1.85. The number of rotatable bonds is 4. The van der Waals surface area contributed by atoms with Crippen molar-refractivity contribution >= 4 is 17.4 Å². The Morgan fingerprint density at radius 2 is 1.69 bits per heavy atom. The molecule has 2 heterocycles. The van der Waals surface area contributed by atoms with Crippen LogP contribution in [0.2, 0.25) is 0 Å². The summed E-state index contributed by atoms with van der Waals surface area (Å²) in [6.45, 7) is 4.90. The van der Waals surface area contributed by atoms with Crippen LogP contribution in [0.5, 0.6) is 0 Å². The third-order valence-corrected chi connectivity index (χ3v) is 6.41. The van der Waals surface area contributed by atoms with E-state index >= 15 is 0 Å². The normalized spacial score (nSPS) is 30.7. The first-order valence-corrected chi connectivity index (χ1v) is 9.83. The van der Waals surface area contributed by atoms with Gasteiger partial charge in [0.2, 0.25) is 0 Å². The highest BCUT2D eigenvalue weighted by atomic mass is 16.3. The van der Waals surface area contributed by atoms with Crippen LogP contribution in [0.1, 0.15) is 43.0 Å². The molecule has 140 valence electrons. The Hall–Kier alpha value is -1.88. The Balaban J connectivity index is 1.39. The minimum Gasteiger partial charge on any atom is -0.392 e. The maximum absolute atomic E-state index is 12.8. The van der Waals surface area contributed by atoms with Gasteiger partial charge in [-0.15, -0.1) is 0 Å². The monoisotopic (exact) mass is 356 g/mol. The van der Waals surface area contributed by atoms with Crippen LogP contribution in [0, 0.1) is 17.8 Å². The van der Waals surface area contributed by atoms with E-state index in [2.05, 4.69) is 4.90 Å². The van der Waals surface area contributed by atoms with Gasteiger partial charge in [-0.25, -0.2) is 0 Å². The van der Waals surface area contributed by atoms with E-state index in [1.807, 2.05) is 29.2 Å². The Kier molecular flexibility index (Phi) is 4.74. The summed E-state index contributed by atoms with van der Waals surface area (Å²) in [7, 11) is 0. The molecule has 5 heteroatoms. The summed E-state index contributed by atoms with van der Waals surface area (Å²) in [6.07, 6.45) is 3.56. The SMILES string of the molecule is CC(=O)CC1CCN(c2ccc(C(=O)N3CC4CCC(C3)C4O)cc2)C1. The number of aliphatic hydroxyl groups is 1. The maximum atomic E-state index is 12.8. The minimum absolute atomic E-state index is 0.0798. The molecule has 2 bridgehead atoms. The number of piperidine rings is 1. The predicted octanol–water partition coefficient (Wildman–Crippen LogP) is 2.33. The number of hydrogen-bond acceptors (Lipinski definition) is 4. The lowest BCUT2D eigenvalue weighted by Gasteiger charge is -2.35. The molecule has 1 N–H and O–H groups in total. The molecule has 3 unspecified atom stereocenters. The van der Waals surface area contributed by atoms with Gasteiger partial charge in [-0.2, -0.15) is 0 Å². The van der Waals surface area contributed by atoms with Crippen molar-refractivity contribution in [2.45, 2.75) is 38.7 Å². The summed E-state index contributed by atoms with van der Waals surface area (Å²) < 4.78 is 0. The van der Waals surface area contributed by atoms with E-state index in [1.54, 1.807) is 6.92 Å². The lowest BCUT2D eigenvalue weighted by Crippen LogP contribution is -2.47. The highest BCUT2D eigenvalue weighted by Gasteiger charge is 2.42. The van der Waals surface area contributed by atoms with Gasteiger partial charge in [-0.1, -0.05) is 0 Å². The van der Waals surface area contributed by atoms with Gasteiger partial charge in [-0.3, -0.25) is 4.79 Å². The van der Waals surface area contributed by atoms with Crippen LogP contribution in [-0.4, -0.2) is 54.0 Å². The second-order valence-electron chi connectivity index (χ2n) is 8.35. The molecule has 1 aromatic rings. The van der Waals surface area contributed by atoms with Gasteiger partial charge in [0.15, 0.2) is 0 Å². The number of fused-ring (bicyclic) bond motifs is 2. The molecule has 26 heavy (non-hydrogen) atoms. The van der Waals surface area contributed by atoms with Crippen molar-refractivity contribution in [3.8, 4) is 0 Å². The summed E-state index contributed by atoms with van der Waals surface area (Å²) in [5, 5.41) is 10.1. The number of carbonyl (C=O) groups excluding carboxylic acids is 2. The first-order valence-electron chi connectivity index (χ1n) is 9.83. The molecule has 1 saturated carbocycles. The molecule has 2 saturated heterocycles. The van der Waals surface area contributed by atoms with Crippen LogP contribution in [0.25, 0.3) is 0 Å². The van der Waals surface area contributed by atoms with Crippen LogP contribution in [-0.2, 0) is 4.79 Å². The van der Waals surface area contributed by atoms with Gasteiger partial charge in [0.25, 0.3) is 5.91 Å². The van der Waals surface area contributed by atoms with Crippen molar-refractivity contribution in [2.24, 2.45) is 17.8 Å². The third kappa shape index (κ3) is 3.37. The number of ketones is 1. The van der Waals surface area contributed by atoms with Crippen molar-refractivity contribution in [1.29, 1.82) is 0 Å². The maximum Gasteiger partial charge on any atom is 0.253 e. The Bertz CT molecular complexity index is 673. The molecule has 1 aliphatic carbocycles. The van der Waals surface area contributed by atoms with Gasteiger partial charge in [0, 0.05) is 55.7 Å². The lowest BCUT2D eigenvalue weighted by molar-refractivity contribution is -0.117. The van der Waals surface area contributed by atoms with Crippen LogP contribution < -0.4 is 4.90 Å². The second kappa shape index (κ2) is 7.03. The van der Waals surface area contributed by atoms with Crippen LogP contribution >= 0.6 is 0 Å². The van der Waals surface area contributed by atoms with Gasteiger partial charge < -0.3 is 19.7 Å². The molecular formula is C21H28N2O3. The van der Waals surface area contributed by atoms with Crippen molar-refractivity contribution < 1.29 is 14.7 Å². The average Bonchev–Trinajstić information content (AvgIpc) is 3.14. The van der Waals surface area contributed by atoms with E-state index in [4.69, 9.17) is 0 Å². The summed E-state index contributed by atoms with van der Waals surface area (Å²) in [5.74, 6) is 1.29. The molecular weight excluding hydrogens is 328 g/mol. The number of Topliss-reactive ketones (excluding diaryl/α,β-unsaturated/α-hetero) is 1. The molecule has 0 spiro atoms. The Morgan fingerprint density at radius 1 is 1.04 bits per heavy atom. The highest BCUT2D eigenvalue weighted by Crippen LogP contribution is 2.37. The molecule has 3 aliphatic rings.